The molecule has 2 aromatic rings. The Morgan fingerprint density at radius 2 is 2.46 bits per heavy atom. The van der Waals surface area contributed by atoms with Crippen molar-refractivity contribution in [1.82, 2.24) is 9.97 Å². The quantitative estimate of drug-likeness (QED) is 0.773. The monoisotopic (exact) mass is 362 g/mol. The Balaban J connectivity index is 1.86. The molecule has 1 saturated heterocycles. The third-order valence-corrected chi connectivity index (χ3v) is 4.99. The SMILES string of the molecule is CCOC(=O)c1csc(C2CCCN2c2ncc(C#N)cc2Cl)n1. The number of carbonyl (C=O) groups is 1. The van der Waals surface area contributed by atoms with Crippen LogP contribution in [-0.4, -0.2) is 29.1 Å². The summed E-state index contributed by atoms with van der Waals surface area (Å²) in [5.74, 6) is 0.241. The van der Waals surface area contributed by atoms with E-state index in [1.807, 2.05) is 6.07 Å². The molecule has 6 nitrogen and oxygen atoms in total. The summed E-state index contributed by atoms with van der Waals surface area (Å²) in [4.78, 5) is 22.6. The minimum atomic E-state index is -0.404. The Bertz CT molecular complexity index is 802. The van der Waals surface area contributed by atoms with E-state index < -0.39 is 5.97 Å². The first-order valence-corrected chi connectivity index (χ1v) is 8.84. The van der Waals surface area contributed by atoms with Gasteiger partial charge in [0.15, 0.2) is 5.69 Å². The van der Waals surface area contributed by atoms with E-state index in [0.717, 1.165) is 24.4 Å². The van der Waals surface area contributed by atoms with Crippen LogP contribution in [-0.2, 0) is 4.74 Å². The molecule has 0 aliphatic carbocycles. The molecule has 0 saturated carbocycles. The van der Waals surface area contributed by atoms with E-state index in [-0.39, 0.29) is 6.04 Å². The molecule has 0 aromatic carbocycles. The number of aromatic nitrogens is 2. The first-order valence-electron chi connectivity index (χ1n) is 7.59. The van der Waals surface area contributed by atoms with E-state index in [1.165, 1.54) is 17.5 Å². The molecule has 8 heteroatoms. The van der Waals surface area contributed by atoms with E-state index in [2.05, 4.69) is 14.9 Å². The zero-order valence-corrected chi connectivity index (χ0v) is 14.6. The number of anilines is 1. The average molecular weight is 363 g/mol. The number of ether oxygens (including phenoxy) is 1. The molecule has 1 atom stereocenters. The van der Waals surface area contributed by atoms with Gasteiger partial charge in [-0.3, -0.25) is 0 Å². The van der Waals surface area contributed by atoms with Gasteiger partial charge in [-0.05, 0) is 25.8 Å². The Morgan fingerprint density at radius 1 is 1.62 bits per heavy atom. The molecular weight excluding hydrogens is 348 g/mol. The largest absolute Gasteiger partial charge is 0.461 e. The number of pyridine rings is 1. The lowest BCUT2D eigenvalue weighted by Crippen LogP contribution is -2.24. The first-order chi connectivity index (χ1) is 11.6. The van der Waals surface area contributed by atoms with Gasteiger partial charge >= 0.3 is 5.97 Å². The fourth-order valence-electron chi connectivity index (χ4n) is 2.72. The predicted octanol–water partition coefficient (Wildman–Crippen LogP) is 3.58. The number of rotatable bonds is 4. The van der Waals surface area contributed by atoms with Crippen molar-refractivity contribution in [2.24, 2.45) is 0 Å². The zero-order valence-electron chi connectivity index (χ0n) is 13.0. The topological polar surface area (TPSA) is 79.1 Å². The Morgan fingerprint density at radius 3 is 3.17 bits per heavy atom. The fourth-order valence-corrected chi connectivity index (χ4v) is 3.93. The van der Waals surface area contributed by atoms with Gasteiger partial charge in [0, 0.05) is 18.1 Å². The number of nitrogens with zero attached hydrogens (tertiary/aromatic N) is 4. The van der Waals surface area contributed by atoms with Gasteiger partial charge in [0.1, 0.15) is 16.9 Å². The number of thiazole rings is 1. The van der Waals surface area contributed by atoms with E-state index in [9.17, 15) is 4.79 Å². The molecule has 0 amide bonds. The number of hydrogen-bond acceptors (Lipinski definition) is 7. The van der Waals surface area contributed by atoms with Gasteiger partial charge in [0.25, 0.3) is 0 Å². The van der Waals surface area contributed by atoms with Crippen LogP contribution in [0.1, 0.15) is 46.9 Å². The first kappa shape index (κ1) is 16.7. The molecule has 0 spiro atoms. The Labute approximate surface area is 148 Å². The maximum Gasteiger partial charge on any atom is 0.357 e. The predicted molar refractivity (Wildman–Crippen MR) is 91.4 cm³/mol. The highest BCUT2D eigenvalue weighted by Gasteiger charge is 2.31. The molecule has 0 N–H and O–H groups in total. The van der Waals surface area contributed by atoms with Crippen LogP contribution in [0.2, 0.25) is 5.02 Å². The van der Waals surface area contributed by atoms with Gasteiger partial charge in [-0.15, -0.1) is 11.3 Å². The lowest BCUT2D eigenvalue weighted by Gasteiger charge is -2.25. The lowest BCUT2D eigenvalue weighted by atomic mass is 10.2. The molecule has 1 aliphatic rings. The molecule has 3 rings (SSSR count). The van der Waals surface area contributed by atoms with Crippen molar-refractivity contribution in [2.45, 2.75) is 25.8 Å². The van der Waals surface area contributed by atoms with Crippen LogP contribution < -0.4 is 4.90 Å². The average Bonchev–Trinajstić information content (AvgIpc) is 3.23. The van der Waals surface area contributed by atoms with Gasteiger partial charge in [-0.25, -0.2) is 14.8 Å². The second kappa shape index (κ2) is 7.16. The van der Waals surface area contributed by atoms with Gasteiger partial charge < -0.3 is 9.64 Å². The van der Waals surface area contributed by atoms with Crippen molar-refractivity contribution < 1.29 is 9.53 Å². The smallest absolute Gasteiger partial charge is 0.357 e. The lowest BCUT2D eigenvalue weighted by molar-refractivity contribution is 0.0520. The Kier molecular flexibility index (Phi) is 4.97. The number of carbonyl (C=O) groups excluding carboxylic acids is 1. The number of hydrogen-bond donors (Lipinski definition) is 0. The van der Waals surface area contributed by atoms with Crippen LogP contribution in [0.4, 0.5) is 5.82 Å². The van der Waals surface area contributed by atoms with Crippen LogP contribution in [0, 0.1) is 11.3 Å². The normalized spacial score (nSPS) is 16.9. The van der Waals surface area contributed by atoms with Crippen LogP contribution in [0.3, 0.4) is 0 Å². The van der Waals surface area contributed by atoms with Crippen LogP contribution >= 0.6 is 22.9 Å². The van der Waals surface area contributed by atoms with Crippen molar-refractivity contribution in [3.8, 4) is 6.07 Å². The third kappa shape index (κ3) is 3.21. The summed E-state index contributed by atoms with van der Waals surface area (Å²) >= 11 is 7.73. The molecule has 1 fully saturated rings. The maximum atomic E-state index is 11.8. The molecule has 0 radical (unpaired) electrons. The van der Waals surface area contributed by atoms with Crippen molar-refractivity contribution in [3.05, 3.63) is 38.9 Å². The van der Waals surface area contributed by atoms with Gasteiger partial charge in [0.05, 0.1) is 23.2 Å². The van der Waals surface area contributed by atoms with Crippen LogP contribution in [0.25, 0.3) is 0 Å². The summed E-state index contributed by atoms with van der Waals surface area (Å²) in [5, 5.41) is 11.9. The van der Waals surface area contributed by atoms with Crippen molar-refractivity contribution in [1.29, 1.82) is 5.26 Å². The number of halogens is 1. The van der Waals surface area contributed by atoms with Crippen molar-refractivity contribution >= 4 is 34.7 Å². The minimum Gasteiger partial charge on any atom is -0.461 e. The third-order valence-electron chi connectivity index (χ3n) is 3.77. The molecule has 2 aromatic heterocycles. The van der Waals surface area contributed by atoms with E-state index in [1.54, 1.807) is 18.4 Å². The summed E-state index contributed by atoms with van der Waals surface area (Å²) in [6.45, 7) is 2.89. The van der Waals surface area contributed by atoms with Crippen molar-refractivity contribution in [3.63, 3.8) is 0 Å². The van der Waals surface area contributed by atoms with Gasteiger partial charge in [-0.1, -0.05) is 11.6 Å². The number of nitriles is 1. The Hall–Kier alpha value is -2.17. The molecule has 124 valence electrons. The van der Waals surface area contributed by atoms with E-state index >= 15 is 0 Å². The van der Waals surface area contributed by atoms with Crippen LogP contribution in [0.15, 0.2) is 17.6 Å². The van der Waals surface area contributed by atoms with E-state index in [4.69, 9.17) is 21.6 Å². The van der Waals surface area contributed by atoms with Crippen LogP contribution in [0.5, 0.6) is 0 Å². The fraction of sp³-hybridized carbons (Fsp3) is 0.375. The zero-order chi connectivity index (χ0) is 17.1. The summed E-state index contributed by atoms with van der Waals surface area (Å²) in [6.07, 6.45) is 3.41. The highest BCUT2D eigenvalue weighted by Crippen LogP contribution is 2.39. The summed E-state index contributed by atoms with van der Waals surface area (Å²) in [7, 11) is 0. The second-order valence-corrected chi connectivity index (χ2v) is 6.58. The molecule has 1 unspecified atom stereocenters. The summed E-state index contributed by atoms with van der Waals surface area (Å²) < 4.78 is 4.99. The van der Waals surface area contributed by atoms with Gasteiger partial charge in [0.2, 0.25) is 0 Å². The molecule has 24 heavy (non-hydrogen) atoms. The molecule has 1 aliphatic heterocycles. The standard InChI is InChI=1S/C16H15ClN4O2S/c1-2-23-16(22)12-9-24-15(20-12)13-4-3-5-21(13)14-11(17)6-10(7-18)8-19-14/h6,8-9,13H,2-5H2,1H3. The maximum absolute atomic E-state index is 11.8. The second-order valence-electron chi connectivity index (χ2n) is 5.28. The van der Waals surface area contributed by atoms with Crippen molar-refractivity contribution in [2.75, 3.05) is 18.1 Å². The molecular formula is C16H15ClN4O2S. The minimum absolute atomic E-state index is 0.0242. The highest BCUT2D eigenvalue weighted by atomic mass is 35.5. The number of esters is 1. The summed E-state index contributed by atoms with van der Waals surface area (Å²) in [6, 6.07) is 3.67. The highest BCUT2D eigenvalue weighted by molar-refractivity contribution is 7.10. The molecule has 3 heterocycles. The van der Waals surface area contributed by atoms with Gasteiger partial charge in [-0.2, -0.15) is 5.26 Å². The molecule has 0 bridgehead atoms. The van der Waals surface area contributed by atoms with E-state index in [0.29, 0.717) is 28.7 Å². The summed E-state index contributed by atoms with van der Waals surface area (Å²) in [5.41, 5.74) is 0.765.